The number of anilines is 1. The molecule has 0 aromatic carbocycles. The van der Waals surface area contributed by atoms with Gasteiger partial charge in [-0.2, -0.15) is 0 Å². The largest absolute Gasteiger partial charge is 0.466 e. The van der Waals surface area contributed by atoms with Crippen LogP contribution in [-0.2, 0) is 16.0 Å². The highest BCUT2D eigenvalue weighted by Crippen LogP contribution is 2.31. The zero-order valence-electron chi connectivity index (χ0n) is 13.6. The van der Waals surface area contributed by atoms with Gasteiger partial charge in [0, 0.05) is 5.38 Å². The minimum atomic E-state index is -0.329. The summed E-state index contributed by atoms with van der Waals surface area (Å²) in [6, 6.07) is 3.93. The second-order valence-corrected chi connectivity index (χ2v) is 7.80. The maximum atomic E-state index is 12.5. The Hall–Kier alpha value is -2.10. The van der Waals surface area contributed by atoms with Crippen LogP contribution in [0.15, 0.2) is 22.9 Å². The molecule has 0 saturated carbocycles. The van der Waals surface area contributed by atoms with Crippen molar-refractivity contribution >= 4 is 51.0 Å². The van der Waals surface area contributed by atoms with Gasteiger partial charge in [-0.25, -0.2) is 9.97 Å². The molecule has 0 atom stereocenters. The van der Waals surface area contributed by atoms with E-state index in [2.05, 4.69) is 15.3 Å². The first-order valence-corrected chi connectivity index (χ1v) is 10.1. The van der Waals surface area contributed by atoms with Crippen LogP contribution >= 0.6 is 34.0 Å². The van der Waals surface area contributed by atoms with E-state index in [9.17, 15) is 9.59 Å². The number of carbonyl (C=O) groups is 2. The number of hydrogen-bond acceptors (Lipinski definition) is 8. The number of aryl methyl sites for hydroxylation is 1. The molecule has 0 aliphatic carbocycles. The fourth-order valence-corrected chi connectivity index (χ4v) is 4.54. The maximum Gasteiger partial charge on any atom is 0.311 e. The molecule has 0 aliphatic heterocycles. The second kappa shape index (κ2) is 7.85. The SMILES string of the molecule is CCOC(=O)Cc1csc(NC(=O)c2sc(-c3cccs3)nc2C)n1. The van der Waals surface area contributed by atoms with E-state index in [0.29, 0.717) is 28.0 Å². The van der Waals surface area contributed by atoms with Crippen molar-refractivity contribution in [1.29, 1.82) is 0 Å². The number of rotatable bonds is 6. The van der Waals surface area contributed by atoms with Gasteiger partial charge in [0.15, 0.2) is 5.13 Å². The zero-order chi connectivity index (χ0) is 17.8. The summed E-state index contributed by atoms with van der Waals surface area (Å²) < 4.78 is 4.89. The number of hydrogen-bond donors (Lipinski definition) is 1. The number of carbonyl (C=O) groups excluding carboxylic acids is 2. The molecule has 3 heterocycles. The molecule has 0 radical (unpaired) electrons. The lowest BCUT2D eigenvalue weighted by Gasteiger charge is -2.00. The molecule has 25 heavy (non-hydrogen) atoms. The minimum absolute atomic E-state index is 0.0995. The number of nitrogens with one attached hydrogen (secondary N) is 1. The fraction of sp³-hybridized carbons (Fsp3) is 0.250. The van der Waals surface area contributed by atoms with Gasteiger partial charge in [0.2, 0.25) is 0 Å². The predicted octanol–water partition coefficient (Wildman–Crippen LogP) is 3.99. The van der Waals surface area contributed by atoms with Crippen molar-refractivity contribution in [3.8, 4) is 9.88 Å². The molecule has 0 bridgehead atoms. The van der Waals surface area contributed by atoms with E-state index in [1.54, 1.807) is 23.6 Å². The highest BCUT2D eigenvalue weighted by Gasteiger charge is 2.18. The Morgan fingerprint density at radius 1 is 1.28 bits per heavy atom. The van der Waals surface area contributed by atoms with Crippen molar-refractivity contribution in [3.05, 3.63) is 39.2 Å². The maximum absolute atomic E-state index is 12.5. The number of aromatic nitrogens is 2. The van der Waals surface area contributed by atoms with Crippen molar-refractivity contribution in [2.45, 2.75) is 20.3 Å². The first-order valence-electron chi connectivity index (χ1n) is 7.49. The van der Waals surface area contributed by atoms with Crippen LogP contribution in [0.3, 0.4) is 0 Å². The van der Waals surface area contributed by atoms with E-state index in [4.69, 9.17) is 4.74 Å². The monoisotopic (exact) mass is 393 g/mol. The lowest BCUT2D eigenvalue weighted by molar-refractivity contribution is -0.142. The molecular formula is C16H15N3O3S3. The Bertz CT molecular complexity index is 884. The average Bonchev–Trinajstić information content (AvgIpc) is 3.28. The Labute approximate surface area is 156 Å². The van der Waals surface area contributed by atoms with E-state index >= 15 is 0 Å². The number of thiophene rings is 1. The standard InChI is InChI=1S/C16H15N3O3S3/c1-3-22-12(20)7-10-8-24-16(18-10)19-14(21)13-9(2)17-15(25-13)11-5-4-6-23-11/h4-6,8H,3,7H2,1-2H3,(H,18,19,21). The highest BCUT2D eigenvalue weighted by atomic mass is 32.1. The van der Waals surface area contributed by atoms with E-state index in [0.717, 1.165) is 9.88 Å². The average molecular weight is 394 g/mol. The molecule has 3 rings (SSSR count). The Balaban J connectivity index is 1.69. The van der Waals surface area contributed by atoms with E-state index in [-0.39, 0.29) is 18.3 Å². The van der Waals surface area contributed by atoms with Crippen LogP contribution in [0.25, 0.3) is 9.88 Å². The lowest BCUT2D eigenvalue weighted by atomic mass is 10.3. The summed E-state index contributed by atoms with van der Waals surface area (Å²) >= 11 is 4.23. The number of thiazole rings is 2. The second-order valence-electron chi connectivity index (χ2n) is 4.99. The van der Waals surface area contributed by atoms with Gasteiger partial charge in [-0.1, -0.05) is 6.07 Å². The van der Waals surface area contributed by atoms with Gasteiger partial charge in [-0.3, -0.25) is 14.9 Å². The molecule has 6 nitrogen and oxygen atoms in total. The van der Waals surface area contributed by atoms with Gasteiger partial charge in [0.25, 0.3) is 5.91 Å². The molecule has 0 aliphatic rings. The van der Waals surface area contributed by atoms with Crippen LogP contribution in [0, 0.1) is 6.92 Å². The van der Waals surface area contributed by atoms with Crippen molar-refractivity contribution < 1.29 is 14.3 Å². The molecule has 1 N–H and O–H groups in total. The van der Waals surface area contributed by atoms with Gasteiger partial charge in [0.05, 0.1) is 29.3 Å². The highest BCUT2D eigenvalue weighted by molar-refractivity contribution is 7.22. The minimum Gasteiger partial charge on any atom is -0.466 e. The summed E-state index contributed by atoms with van der Waals surface area (Å²) in [6.07, 6.45) is 0.0995. The van der Waals surface area contributed by atoms with Crippen molar-refractivity contribution in [1.82, 2.24) is 9.97 Å². The third-order valence-corrected chi connectivity index (χ3v) is 6.14. The Morgan fingerprint density at radius 2 is 2.12 bits per heavy atom. The van der Waals surface area contributed by atoms with Gasteiger partial charge in [0.1, 0.15) is 9.88 Å². The van der Waals surface area contributed by atoms with Gasteiger partial charge in [-0.05, 0) is 25.3 Å². The summed E-state index contributed by atoms with van der Waals surface area (Å²) in [5.74, 6) is -0.570. The number of nitrogens with zero attached hydrogens (tertiary/aromatic N) is 2. The van der Waals surface area contributed by atoms with Crippen LogP contribution in [0.2, 0.25) is 0 Å². The summed E-state index contributed by atoms with van der Waals surface area (Å²) in [6.45, 7) is 3.91. The topological polar surface area (TPSA) is 81.2 Å². The molecule has 0 spiro atoms. The van der Waals surface area contributed by atoms with Gasteiger partial charge < -0.3 is 4.74 Å². The van der Waals surface area contributed by atoms with Gasteiger partial charge in [-0.15, -0.1) is 34.0 Å². The quantitative estimate of drug-likeness (QED) is 0.640. The Morgan fingerprint density at radius 3 is 2.84 bits per heavy atom. The molecule has 0 fully saturated rings. The van der Waals surface area contributed by atoms with Crippen LogP contribution in [0.1, 0.15) is 28.0 Å². The van der Waals surface area contributed by atoms with Crippen molar-refractivity contribution in [3.63, 3.8) is 0 Å². The molecule has 0 saturated heterocycles. The zero-order valence-corrected chi connectivity index (χ0v) is 16.0. The first kappa shape index (κ1) is 17.7. The van der Waals surface area contributed by atoms with E-state index in [1.165, 1.54) is 22.7 Å². The molecular weight excluding hydrogens is 378 g/mol. The van der Waals surface area contributed by atoms with Crippen molar-refractivity contribution in [2.75, 3.05) is 11.9 Å². The summed E-state index contributed by atoms with van der Waals surface area (Å²) in [4.78, 5) is 34.3. The van der Waals surface area contributed by atoms with E-state index < -0.39 is 0 Å². The van der Waals surface area contributed by atoms with E-state index in [1.807, 2.05) is 24.4 Å². The molecule has 9 heteroatoms. The Kier molecular flexibility index (Phi) is 5.57. The van der Waals surface area contributed by atoms with Gasteiger partial charge >= 0.3 is 5.97 Å². The fourth-order valence-electron chi connectivity index (χ4n) is 2.07. The number of esters is 1. The normalized spacial score (nSPS) is 10.6. The molecule has 0 unspecified atom stereocenters. The molecule has 1 amide bonds. The smallest absolute Gasteiger partial charge is 0.311 e. The first-order chi connectivity index (χ1) is 12.1. The number of ether oxygens (including phenoxy) is 1. The number of amides is 1. The molecule has 3 aromatic heterocycles. The third kappa shape index (κ3) is 4.30. The summed E-state index contributed by atoms with van der Waals surface area (Å²) in [5.41, 5.74) is 1.27. The summed E-state index contributed by atoms with van der Waals surface area (Å²) in [5, 5.41) is 7.78. The third-order valence-electron chi connectivity index (χ3n) is 3.14. The molecule has 3 aromatic rings. The van der Waals surface area contributed by atoms with Crippen molar-refractivity contribution in [2.24, 2.45) is 0 Å². The predicted molar refractivity (Wildman–Crippen MR) is 101 cm³/mol. The molecule has 130 valence electrons. The van der Waals surface area contributed by atoms with Crippen LogP contribution < -0.4 is 5.32 Å². The van der Waals surface area contributed by atoms with Crippen LogP contribution in [-0.4, -0.2) is 28.5 Å². The summed E-state index contributed by atoms with van der Waals surface area (Å²) in [7, 11) is 0. The lowest BCUT2D eigenvalue weighted by Crippen LogP contribution is -2.12. The van der Waals surface area contributed by atoms with Crippen LogP contribution in [0.5, 0.6) is 0 Å². The van der Waals surface area contributed by atoms with Crippen LogP contribution in [0.4, 0.5) is 5.13 Å².